The number of thiophene rings is 2. The van der Waals surface area contributed by atoms with Gasteiger partial charge in [-0.3, -0.25) is 14.5 Å². The van der Waals surface area contributed by atoms with Gasteiger partial charge in [-0.2, -0.15) is 0 Å². The molecule has 3 heterocycles. The van der Waals surface area contributed by atoms with E-state index in [1.165, 1.54) is 32.2 Å². The molecule has 2 aromatic heterocycles. The number of anilines is 1. The summed E-state index contributed by atoms with van der Waals surface area (Å²) in [6.07, 6.45) is 3.82. The van der Waals surface area contributed by atoms with Crippen molar-refractivity contribution >= 4 is 39.5 Å². The zero-order valence-corrected chi connectivity index (χ0v) is 18.2. The highest BCUT2D eigenvalue weighted by Crippen LogP contribution is 2.40. The van der Waals surface area contributed by atoms with Crippen LogP contribution in [0.2, 0.25) is 0 Å². The van der Waals surface area contributed by atoms with Gasteiger partial charge in [-0.25, -0.2) is 0 Å². The van der Waals surface area contributed by atoms with Crippen molar-refractivity contribution in [3.8, 4) is 0 Å². The number of amides is 2. The van der Waals surface area contributed by atoms with Gasteiger partial charge in [-0.05, 0) is 53.8 Å². The maximum atomic E-state index is 13.0. The summed E-state index contributed by atoms with van der Waals surface area (Å²) < 4.78 is 0. The highest BCUT2D eigenvalue weighted by atomic mass is 32.1. The topological polar surface area (TPSA) is 75.4 Å². The predicted molar refractivity (Wildman–Crippen MR) is 121 cm³/mol. The van der Waals surface area contributed by atoms with Gasteiger partial charge < -0.3 is 11.1 Å². The minimum atomic E-state index is -0.451. The van der Waals surface area contributed by atoms with E-state index in [-0.39, 0.29) is 18.5 Å². The maximum absolute atomic E-state index is 13.0. The summed E-state index contributed by atoms with van der Waals surface area (Å²) in [5, 5.41) is 5.75. The summed E-state index contributed by atoms with van der Waals surface area (Å²) in [6.45, 7) is 1.10. The average Bonchev–Trinajstić information content (AvgIpc) is 3.43. The average molecular weight is 438 g/mol. The van der Waals surface area contributed by atoms with Gasteiger partial charge >= 0.3 is 0 Å². The molecule has 1 aromatic carbocycles. The lowest BCUT2D eigenvalue weighted by atomic mass is 9.93. The molecule has 0 saturated carbocycles. The first-order valence-corrected chi connectivity index (χ1v) is 11.9. The number of nitrogens with one attached hydrogen (secondary N) is 1. The van der Waals surface area contributed by atoms with Crippen molar-refractivity contribution in [2.45, 2.75) is 31.7 Å². The van der Waals surface area contributed by atoms with E-state index in [1.54, 1.807) is 11.3 Å². The molecular weight excluding hydrogens is 414 g/mol. The van der Waals surface area contributed by atoms with Crippen LogP contribution in [0, 0.1) is 0 Å². The minimum absolute atomic E-state index is 0.0657. The molecule has 3 N–H and O–H groups in total. The largest absolute Gasteiger partial charge is 0.365 e. The number of nitrogens with two attached hydrogens (primary N) is 1. The van der Waals surface area contributed by atoms with Crippen LogP contribution in [0.3, 0.4) is 0 Å². The molecule has 154 valence electrons. The number of primary amides is 1. The van der Waals surface area contributed by atoms with Gasteiger partial charge in [0, 0.05) is 16.3 Å². The van der Waals surface area contributed by atoms with Crippen LogP contribution in [0.4, 0.5) is 5.00 Å². The molecule has 2 aliphatic rings. The second kappa shape index (κ2) is 7.98. The Bertz CT molecular complexity index is 1100. The Hall–Kier alpha value is -2.48. The van der Waals surface area contributed by atoms with Gasteiger partial charge in [0.1, 0.15) is 5.00 Å². The number of rotatable bonds is 5. The second-order valence-electron chi connectivity index (χ2n) is 7.81. The van der Waals surface area contributed by atoms with E-state index in [9.17, 15) is 9.59 Å². The highest BCUT2D eigenvalue weighted by Gasteiger charge is 2.32. The van der Waals surface area contributed by atoms with Gasteiger partial charge in [0.2, 0.25) is 5.91 Å². The van der Waals surface area contributed by atoms with E-state index in [1.807, 2.05) is 18.2 Å². The summed E-state index contributed by atoms with van der Waals surface area (Å²) >= 11 is 3.29. The van der Waals surface area contributed by atoms with Crippen LogP contribution in [-0.4, -0.2) is 29.8 Å². The van der Waals surface area contributed by atoms with Gasteiger partial charge in [-0.15, -0.1) is 22.7 Å². The van der Waals surface area contributed by atoms with E-state index in [0.29, 0.717) is 10.6 Å². The highest BCUT2D eigenvalue weighted by molar-refractivity contribution is 7.17. The molecule has 1 atom stereocenters. The van der Waals surface area contributed by atoms with E-state index in [0.717, 1.165) is 37.8 Å². The van der Waals surface area contributed by atoms with Crippen LogP contribution in [0.5, 0.6) is 0 Å². The fourth-order valence-electron chi connectivity index (χ4n) is 4.67. The summed E-state index contributed by atoms with van der Waals surface area (Å²) in [7, 11) is 0. The summed E-state index contributed by atoms with van der Waals surface area (Å²) in [5.74, 6) is -0.551. The van der Waals surface area contributed by atoms with Crippen LogP contribution >= 0.6 is 22.7 Å². The van der Waals surface area contributed by atoms with Gasteiger partial charge in [0.15, 0.2) is 0 Å². The third-order valence-electron chi connectivity index (χ3n) is 5.95. The molecule has 1 aliphatic heterocycles. The van der Waals surface area contributed by atoms with Crippen LogP contribution in [0.1, 0.15) is 49.3 Å². The van der Waals surface area contributed by atoms with Crippen molar-refractivity contribution in [1.29, 1.82) is 0 Å². The molecule has 1 aliphatic carbocycles. The number of carbonyl (C=O) groups excluding carboxylic acids is 2. The smallest absolute Gasteiger partial charge is 0.251 e. The van der Waals surface area contributed by atoms with Crippen molar-refractivity contribution < 1.29 is 9.59 Å². The zero-order valence-electron chi connectivity index (χ0n) is 16.5. The molecular formula is C23H23N3O2S2. The van der Waals surface area contributed by atoms with Crippen LogP contribution in [-0.2, 0) is 24.1 Å². The van der Waals surface area contributed by atoms with Crippen molar-refractivity contribution in [2.24, 2.45) is 5.73 Å². The van der Waals surface area contributed by atoms with Crippen molar-refractivity contribution in [1.82, 2.24) is 4.90 Å². The Labute approximate surface area is 183 Å². The van der Waals surface area contributed by atoms with Crippen molar-refractivity contribution in [3.05, 3.63) is 73.8 Å². The lowest BCUT2D eigenvalue weighted by Gasteiger charge is -2.35. The van der Waals surface area contributed by atoms with Crippen LogP contribution < -0.4 is 11.1 Å². The predicted octanol–water partition coefficient (Wildman–Crippen LogP) is 3.98. The van der Waals surface area contributed by atoms with E-state index < -0.39 is 5.91 Å². The number of carbonyl (C=O) groups is 2. The quantitative estimate of drug-likeness (QED) is 0.634. The fraction of sp³-hybridized carbons (Fsp3) is 0.304. The number of hydrogen-bond donors (Lipinski definition) is 2. The molecule has 2 amide bonds. The molecule has 5 rings (SSSR count). The third-order valence-corrected chi connectivity index (χ3v) is 8.15. The van der Waals surface area contributed by atoms with Crippen LogP contribution in [0.15, 0.2) is 41.8 Å². The monoisotopic (exact) mass is 437 g/mol. The maximum Gasteiger partial charge on any atom is 0.251 e. The summed E-state index contributed by atoms with van der Waals surface area (Å²) in [6, 6.07) is 12.6. The summed E-state index contributed by atoms with van der Waals surface area (Å²) in [4.78, 5) is 29.8. The molecule has 30 heavy (non-hydrogen) atoms. The first kappa shape index (κ1) is 19.5. The molecule has 0 unspecified atom stereocenters. The Morgan fingerprint density at radius 2 is 1.93 bits per heavy atom. The molecule has 7 heteroatoms. The van der Waals surface area contributed by atoms with Crippen LogP contribution in [0.25, 0.3) is 0 Å². The van der Waals surface area contributed by atoms with E-state index in [2.05, 4.69) is 33.8 Å². The van der Waals surface area contributed by atoms with E-state index in [4.69, 9.17) is 5.73 Å². The fourth-order valence-corrected chi connectivity index (χ4v) is 6.88. The molecule has 3 aromatic rings. The normalized spacial score (nSPS) is 18.1. The third kappa shape index (κ3) is 3.47. The van der Waals surface area contributed by atoms with E-state index >= 15 is 0 Å². The Morgan fingerprint density at radius 1 is 1.10 bits per heavy atom. The standard InChI is InChI=1S/C23H23N3O2S2/c24-22(28)20-15-7-4-8-18(15)30-23(20)25-19(27)13-26-11-9-17-16(10-12-29-17)21(26)14-5-2-1-3-6-14/h1-3,5-6,10,12,21H,4,7-9,11,13H2,(H2,24,28)(H,25,27)/t21-/m0/s1. The first-order chi connectivity index (χ1) is 14.6. The minimum Gasteiger partial charge on any atom is -0.365 e. The molecule has 0 spiro atoms. The molecule has 0 radical (unpaired) electrons. The Morgan fingerprint density at radius 3 is 2.73 bits per heavy atom. The first-order valence-electron chi connectivity index (χ1n) is 10.2. The molecule has 5 nitrogen and oxygen atoms in total. The molecule has 0 bridgehead atoms. The number of hydrogen-bond acceptors (Lipinski definition) is 5. The lowest BCUT2D eigenvalue weighted by Crippen LogP contribution is -2.40. The number of fused-ring (bicyclic) bond motifs is 2. The second-order valence-corrected chi connectivity index (χ2v) is 9.91. The zero-order chi connectivity index (χ0) is 20.7. The van der Waals surface area contributed by atoms with Crippen molar-refractivity contribution in [2.75, 3.05) is 18.4 Å². The van der Waals surface area contributed by atoms with Crippen molar-refractivity contribution in [3.63, 3.8) is 0 Å². The lowest BCUT2D eigenvalue weighted by molar-refractivity contribution is -0.117. The Kier molecular flexibility index (Phi) is 5.18. The van der Waals surface area contributed by atoms with Gasteiger partial charge in [0.05, 0.1) is 18.2 Å². The summed E-state index contributed by atoms with van der Waals surface area (Å²) in [5.41, 5.74) is 9.67. The Balaban J connectivity index is 1.39. The molecule has 0 fully saturated rings. The number of benzene rings is 1. The number of aryl methyl sites for hydroxylation is 1. The molecule has 0 saturated heterocycles. The number of nitrogens with zero attached hydrogens (tertiary/aromatic N) is 1. The van der Waals surface area contributed by atoms with Gasteiger partial charge in [-0.1, -0.05) is 30.3 Å². The SMILES string of the molecule is NC(=O)c1c(NC(=O)CN2CCc3sccc3[C@@H]2c2ccccc2)sc2c1CCC2. The van der Waals surface area contributed by atoms with Gasteiger partial charge in [0.25, 0.3) is 5.91 Å².